The van der Waals surface area contributed by atoms with E-state index in [9.17, 15) is 28.8 Å². The third kappa shape index (κ3) is 15.4. The molecule has 0 atom stereocenters. The number of unbranched alkanes of at least 4 members (excludes halogenated alkanes) is 8. The Morgan fingerprint density at radius 1 is 0.309 bits per heavy atom. The fourth-order valence-electron chi connectivity index (χ4n) is 6.51. The minimum atomic E-state index is -1.42. The summed E-state index contributed by atoms with van der Waals surface area (Å²) in [6.45, 7) is 10.1. The van der Waals surface area contributed by atoms with Crippen LogP contribution < -0.4 is 18.9 Å². The van der Waals surface area contributed by atoms with Crippen LogP contribution in [0.1, 0.15) is 146 Å². The molecule has 0 saturated carbocycles. The van der Waals surface area contributed by atoms with E-state index in [4.69, 9.17) is 37.9 Å². The molecule has 0 N–H and O–H groups in total. The minimum Gasteiger partial charge on any atom is -0.494 e. The Morgan fingerprint density at radius 2 is 0.500 bits per heavy atom. The maximum atomic E-state index is 14.6. The molecule has 4 aromatic rings. The van der Waals surface area contributed by atoms with E-state index in [0.717, 1.165) is 77.0 Å². The van der Waals surface area contributed by atoms with E-state index in [0.29, 0.717) is 49.4 Å². The number of rotatable bonds is 28. The number of hydrogen-bond acceptors (Lipinski definition) is 14. The lowest BCUT2D eigenvalue weighted by atomic mass is 10.0. The molecule has 1 aliphatic rings. The summed E-state index contributed by atoms with van der Waals surface area (Å²) in [7, 11) is 0. The monoisotopic (exact) mass is 932 g/mol. The molecule has 1 aliphatic carbocycles. The van der Waals surface area contributed by atoms with Crippen LogP contribution in [0.25, 0.3) is 0 Å². The van der Waals surface area contributed by atoms with Crippen LogP contribution >= 0.6 is 0 Å². The van der Waals surface area contributed by atoms with Gasteiger partial charge in [-0.1, -0.05) is 79.1 Å². The summed E-state index contributed by atoms with van der Waals surface area (Å²) >= 11 is 0. The average Bonchev–Trinajstić information content (AvgIpc) is 3.36. The highest BCUT2D eigenvalue weighted by Crippen LogP contribution is 2.32. The predicted octanol–water partition coefficient (Wildman–Crippen LogP) is 11.3. The number of ketones is 2. The van der Waals surface area contributed by atoms with Crippen molar-refractivity contribution in [1.29, 1.82) is 0 Å². The second-order valence-corrected chi connectivity index (χ2v) is 15.9. The number of benzene rings is 4. The number of Topliss-reactive ketones (excluding diaryl/α,β-unsaturated/α-hetero) is 2. The van der Waals surface area contributed by atoms with Crippen molar-refractivity contribution in [2.45, 2.75) is 105 Å². The van der Waals surface area contributed by atoms with Gasteiger partial charge in [-0.2, -0.15) is 0 Å². The molecular weight excluding hydrogens is 873 g/mol. The first-order chi connectivity index (χ1) is 33.1. The van der Waals surface area contributed by atoms with Gasteiger partial charge in [0.1, 0.15) is 23.0 Å². The highest BCUT2D eigenvalue weighted by atomic mass is 16.6. The lowest BCUT2D eigenvalue weighted by Gasteiger charge is -2.22. The van der Waals surface area contributed by atoms with Crippen LogP contribution in [-0.4, -0.2) is 61.9 Å². The Morgan fingerprint density at radius 3 is 0.676 bits per heavy atom. The number of carbonyl (C=O) groups is 6. The Hall–Kier alpha value is -7.22. The molecule has 0 spiro atoms. The standard InChI is InChI=1S/C54H60O14/c1-5-9-13-33-61-41-25-17-37(18-26-41)51(57)65-47-45(55)49(67-53(59)39-21-29-43(30-22-39)63-35-15-11-7-3)50(68-54(60)40-23-31-44(32-24-40)64-36-16-12-8-4)46(56)48(47)66-52(58)38-19-27-42(28-20-38)62-34-14-10-6-2/h17-32H,5-16,33-36H2,1-4H3. The van der Waals surface area contributed by atoms with E-state index in [1.165, 1.54) is 97.1 Å². The largest absolute Gasteiger partial charge is 0.494 e. The highest BCUT2D eigenvalue weighted by molar-refractivity contribution is 6.24. The minimum absolute atomic E-state index is 0.0756. The first-order valence-corrected chi connectivity index (χ1v) is 23.4. The quantitative estimate of drug-likeness (QED) is 0.0227. The maximum absolute atomic E-state index is 14.6. The molecule has 0 unspecified atom stereocenters. The van der Waals surface area contributed by atoms with Crippen molar-refractivity contribution in [1.82, 2.24) is 0 Å². The molecule has 14 nitrogen and oxygen atoms in total. The van der Waals surface area contributed by atoms with E-state index in [1.807, 2.05) is 0 Å². The van der Waals surface area contributed by atoms with E-state index >= 15 is 0 Å². The van der Waals surface area contributed by atoms with Crippen LogP contribution in [-0.2, 0) is 28.5 Å². The summed E-state index contributed by atoms with van der Waals surface area (Å²) in [5, 5.41) is 0. The molecule has 0 radical (unpaired) electrons. The molecule has 0 aromatic heterocycles. The van der Waals surface area contributed by atoms with Crippen molar-refractivity contribution in [3.8, 4) is 23.0 Å². The Kier molecular flexibility index (Phi) is 20.9. The molecule has 0 fully saturated rings. The lowest BCUT2D eigenvalue weighted by Crippen LogP contribution is -2.32. The zero-order valence-corrected chi connectivity index (χ0v) is 39.3. The smallest absolute Gasteiger partial charge is 0.343 e. The van der Waals surface area contributed by atoms with Gasteiger partial charge in [0.2, 0.25) is 23.0 Å². The predicted molar refractivity (Wildman–Crippen MR) is 252 cm³/mol. The van der Waals surface area contributed by atoms with Crippen molar-refractivity contribution in [3.05, 3.63) is 142 Å². The molecular formula is C54H60O14. The van der Waals surface area contributed by atoms with E-state index in [-0.39, 0.29) is 22.3 Å². The molecule has 14 heteroatoms. The number of esters is 4. The fraction of sp³-hybridized carbons (Fsp3) is 0.370. The zero-order chi connectivity index (χ0) is 48.7. The molecule has 0 saturated heterocycles. The topological polar surface area (TPSA) is 176 Å². The van der Waals surface area contributed by atoms with Crippen LogP contribution in [0.4, 0.5) is 0 Å². The summed E-state index contributed by atoms with van der Waals surface area (Å²) in [4.78, 5) is 84.3. The van der Waals surface area contributed by atoms with E-state index in [2.05, 4.69) is 27.7 Å². The van der Waals surface area contributed by atoms with Gasteiger partial charge in [-0.25, -0.2) is 19.2 Å². The first-order valence-electron chi connectivity index (χ1n) is 23.4. The van der Waals surface area contributed by atoms with Crippen molar-refractivity contribution in [2.24, 2.45) is 0 Å². The fourth-order valence-corrected chi connectivity index (χ4v) is 6.51. The first kappa shape index (κ1) is 51.8. The number of carbonyl (C=O) groups excluding carboxylic acids is 6. The van der Waals surface area contributed by atoms with Gasteiger partial charge in [-0.15, -0.1) is 0 Å². The summed E-state index contributed by atoms with van der Waals surface area (Å²) in [5.74, 6) is -9.94. The Bertz CT molecular complexity index is 2050. The van der Waals surface area contributed by atoms with Gasteiger partial charge in [0, 0.05) is 0 Å². The van der Waals surface area contributed by atoms with Crippen LogP contribution in [0.5, 0.6) is 23.0 Å². The van der Waals surface area contributed by atoms with Crippen LogP contribution in [0.3, 0.4) is 0 Å². The zero-order valence-electron chi connectivity index (χ0n) is 39.3. The molecule has 0 amide bonds. The Labute approximate surface area is 397 Å². The van der Waals surface area contributed by atoms with Gasteiger partial charge in [0.15, 0.2) is 0 Å². The van der Waals surface area contributed by atoms with E-state index in [1.54, 1.807) is 0 Å². The second kappa shape index (κ2) is 27.4. The molecule has 5 rings (SSSR count). The molecule has 4 aromatic carbocycles. The van der Waals surface area contributed by atoms with Crippen LogP contribution in [0, 0.1) is 0 Å². The highest BCUT2D eigenvalue weighted by Gasteiger charge is 2.45. The molecule has 68 heavy (non-hydrogen) atoms. The SMILES string of the molecule is CCCCCOc1ccc(C(=O)OC2=C(OC(=O)c3ccc(OCCCCC)cc3)C(=O)C(OC(=O)c3ccc(OCCCCC)cc3)=C(OC(=O)c3ccc(OCCCCC)cc3)C2=O)cc1. The maximum Gasteiger partial charge on any atom is 0.343 e. The summed E-state index contributed by atoms with van der Waals surface area (Å²) in [6.07, 6.45) is 11.3. The molecule has 0 aliphatic heterocycles. The molecule has 0 bridgehead atoms. The summed E-state index contributed by atoms with van der Waals surface area (Å²) < 4.78 is 45.3. The van der Waals surface area contributed by atoms with Gasteiger partial charge in [-0.05, 0) is 123 Å². The Balaban J connectivity index is 1.50. The second-order valence-electron chi connectivity index (χ2n) is 15.9. The van der Waals surface area contributed by atoms with Gasteiger partial charge in [0.25, 0.3) is 11.6 Å². The van der Waals surface area contributed by atoms with Gasteiger partial charge in [0.05, 0.1) is 48.7 Å². The van der Waals surface area contributed by atoms with Crippen molar-refractivity contribution in [2.75, 3.05) is 26.4 Å². The third-order valence-electron chi connectivity index (χ3n) is 10.4. The number of ether oxygens (including phenoxy) is 8. The van der Waals surface area contributed by atoms with Crippen LogP contribution in [0.15, 0.2) is 120 Å². The normalized spacial score (nSPS) is 12.4. The summed E-state index contributed by atoms with van der Waals surface area (Å²) in [6, 6.07) is 23.3. The van der Waals surface area contributed by atoms with Crippen molar-refractivity contribution < 1.29 is 66.7 Å². The van der Waals surface area contributed by atoms with Crippen LogP contribution in [0.2, 0.25) is 0 Å². The van der Waals surface area contributed by atoms with E-state index < -0.39 is 58.5 Å². The van der Waals surface area contributed by atoms with Gasteiger partial charge < -0.3 is 37.9 Å². The van der Waals surface area contributed by atoms with Crippen molar-refractivity contribution >= 4 is 35.4 Å². The molecule has 360 valence electrons. The average molecular weight is 933 g/mol. The summed E-state index contributed by atoms with van der Waals surface area (Å²) in [5.41, 5.74) is -0.302. The molecule has 0 heterocycles. The third-order valence-corrected chi connectivity index (χ3v) is 10.4. The van der Waals surface area contributed by atoms with Gasteiger partial charge in [-0.3, -0.25) is 9.59 Å². The lowest BCUT2D eigenvalue weighted by molar-refractivity contribution is -0.124. The number of hydrogen-bond donors (Lipinski definition) is 0. The van der Waals surface area contributed by atoms with Crippen molar-refractivity contribution in [3.63, 3.8) is 0 Å². The van der Waals surface area contributed by atoms with Gasteiger partial charge >= 0.3 is 23.9 Å².